The van der Waals surface area contributed by atoms with E-state index in [1.54, 1.807) is 0 Å². The second-order valence-electron chi connectivity index (χ2n) is 11.9. The summed E-state index contributed by atoms with van der Waals surface area (Å²) in [6.45, 7) is 11.5. The number of H-pyrrole nitrogens is 2. The average Bonchev–Trinajstić information content (AvgIpc) is 3.59. The summed E-state index contributed by atoms with van der Waals surface area (Å²) in [4.78, 5) is 55.0. The van der Waals surface area contributed by atoms with Gasteiger partial charge in [-0.25, -0.2) is 0 Å². The number of carbonyl (C=O) groups is 4. The third kappa shape index (κ3) is 6.72. The van der Waals surface area contributed by atoms with Crippen molar-refractivity contribution in [3.05, 3.63) is 68.1 Å². The van der Waals surface area contributed by atoms with Gasteiger partial charge in [-0.3, -0.25) is 19.2 Å². The number of aromatic amines is 2. The maximum Gasteiger partial charge on any atom is 0.303 e. The topological polar surface area (TPSA) is 164 Å². The van der Waals surface area contributed by atoms with E-state index in [9.17, 15) is 29.4 Å². The Labute approximate surface area is 262 Å². The highest BCUT2D eigenvalue weighted by Crippen LogP contribution is 2.35. The van der Waals surface area contributed by atoms with Crippen LogP contribution in [0.4, 0.5) is 0 Å². The van der Waals surface area contributed by atoms with Crippen LogP contribution in [0.5, 0.6) is 0 Å². The van der Waals surface area contributed by atoms with Crippen molar-refractivity contribution in [2.24, 2.45) is 17.8 Å². The molecule has 4 rings (SSSR count). The van der Waals surface area contributed by atoms with Gasteiger partial charge in [-0.15, -0.1) is 0 Å². The fraction of sp³-hybridized carbons (Fsp3) is 0.455. The van der Waals surface area contributed by atoms with Crippen LogP contribution in [-0.4, -0.2) is 49.2 Å². The minimum Gasteiger partial charge on any atom is -0.481 e. The molecule has 0 radical (unpaired) electrons. The van der Waals surface area contributed by atoms with Gasteiger partial charge < -0.3 is 30.8 Å². The van der Waals surface area contributed by atoms with E-state index in [0.29, 0.717) is 24.8 Å². The van der Waals surface area contributed by atoms with Gasteiger partial charge in [0.25, 0.3) is 5.91 Å². The smallest absolute Gasteiger partial charge is 0.303 e. The molecule has 4 heterocycles. The zero-order valence-electron chi connectivity index (χ0n) is 26.1. The van der Waals surface area contributed by atoms with Crippen LogP contribution in [0.1, 0.15) is 85.6 Å². The zero-order valence-corrected chi connectivity index (χ0v) is 26.9. The van der Waals surface area contributed by atoms with Crippen molar-refractivity contribution < 1.29 is 29.4 Å². The first kappa shape index (κ1) is 32.9. The summed E-state index contributed by atoms with van der Waals surface area (Å²) in [7, 11) is 0. The summed E-state index contributed by atoms with van der Waals surface area (Å²) in [5.74, 6) is -2.42. The van der Waals surface area contributed by atoms with Gasteiger partial charge in [0.05, 0.1) is 0 Å². The quantitative estimate of drug-likeness (QED) is 0.142. The lowest BCUT2D eigenvalue weighted by Crippen LogP contribution is -2.19. The molecule has 10 nitrogen and oxygen atoms in total. The molecule has 4 atom stereocenters. The van der Waals surface area contributed by atoms with Crippen molar-refractivity contribution in [2.75, 3.05) is 0 Å². The van der Waals surface area contributed by atoms with Crippen molar-refractivity contribution in [3.8, 4) is 0 Å². The molecule has 2 amide bonds. The first-order valence-corrected chi connectivity index (χ1v) is 15.5. The van der Waals surface area contributed by atoms with Crippen molar-refractivity contribution >= 4 is 48.5 Å². The van der Waals surface area contributed by atoms with Gasteiger partial charge in [0.15, 0.2) is 0 Å². The Bertz CT molecular complexity index is 1590. The molecule has 2 saturated heterocycles. The van der Waals surface area contributed by atoms with Gasteiger partial charge in [-0.05, 0) is 68.0 Å². The van der Waals surface area contributed by atoms with E-state index in [0.717, 1.165) is 56.4 Å². The highest BCUT2D eigenvalue weighted by Gasteiger charge is 2.38. The molecule has 0 saturated carbocycles. The van der Waals surface area contributed by atoms with E-state index < -0.39 is 11.9 Å². The van der Waals surface area contributed by atoms with Crippen molar-refractivity contribution in [3.63, 3.8) is 0 Å². The first-order chi connectivity index (χ1) is 20.7. The second kappa shape index (κ2) is 13.3. The van der Waals surface area contributed by atoms with Gasteiger partial charge in [0.2, 0.25) is 5.91 Å². The van der Waals surface area contributed by atoms with Crippen LogP contribution in [0.15, 0.2) is 23.0 Å². The Kier molecular flexibility index (Phi) is 9.98. The summed E-state index contributed by atoms with van der Waals surface area (Å²) < 4.78 is 0. The maximum absolute atomic E-state index is 12.5. The second-order valence-corrected chi connectivity index (χ2v) is 12.7. The number of aromatic nitrogens is 2. The molecule has 2 aliphatic heterocycles. The predicted octanol–water partition coefficient (Wildman–Crippen LogP) is 4.68. The number of aliphatic carboxylic acids is 2. The summed E-state index contributed by atoms with van der Waals surface area (Å²) in [6, 6.07) is 0. The van der Waals surface area contributed by atoms with Crippen LogP contribution in [0, 0.1) is 31.6 Å². The molecule has 2 aromatic rings. The fourth-order valence-corrected chi connectivity index (χ4v) is 6.88. The van der Waals surface area contributed by atoms with Crippen molar-refractivity contribution in [1.29, 1.82) is 0 Å². The predicted molar refractivity (Wildman–Crippen MR) is 172 cm³/mol. The number of carboxylic acid groups (broad SMARTS) is 2. The summed E-state index contributed by atoms with van der Waals surface area (Å²) in [5, 5.41) is 24.8. The van der Waals surface area contributed by atoms with Crippen LogP contribution in [0.3, 0.4) is 0 Å². The van der Waals surface area contributed by atoms with E-state index in [1.165, 1.54) is 0 Å². The van der Waals surface area contributed by atoms with E-state index in [-0.39, 0.29) is 47.7 Å². The SMILES string of the molecule is C/C=C1/C(=O)N/C(=C/c2[nH]c(Cc3[nH]c(/C=C4\NC(=O)[C@H](C)[C@H]4C(C)S)c(C)c3CCC(=O)O)c(CCC(=O)O)c2C)C1C. The van der Waals surface area contributed by atoms with E-state index in [2.05, 4.69) is 33.2 Å². The summed E-state index contributed by atoms with van der Waals surface area (Å²) in [5.41, 5.74) is 8.97. The van der Waals surface area contributed by atoms with Crippen LogP contribution >= 0.6 is 12.6 Å². The monoisotopic (exact) mass is 622 g/mol. The van der Waals surface area contributed by atoms with Crippen LogP contribution in [-0.2, 0) is 38.4 Å². The zero-order chi connectivity index (χ0) is 32.5. The third-order valence-electron chi connectivity index (χ3n) is 9.01. The Morgan fingerprint density at radius 1 is 0.886 bits per heavy atom. The molecule has 44 heavy (non-hydrogen) atoms. The lowest BCUT2D eigenvalue weighted by Gasteiger charge is -2.17. The molecule has 2 fully saturated rings. The molecular weight excluding hydrogens is 580 g/mol. The number of amides is 2. The highest BCUT2D eigenvalue weighted by molar-refractivity contribution is 7.80. The largest absolute Gasteiger partial charge is 0.481 e. The highest BCUT2D eigenvalue weighted by atomic mass is 32.1. The normalized spacial score (nSPS) is 23.5. The molecule has 11 heteroatoms. The number of carboxylic acids is 2. The van der Waals surface area contributed by atoms with Gasteiger partial charge in [0, 0.05) is 82.0 Å². The average molecular weight is 623 g/mol. The molecular formula is C33H42N4O6S. The Morgan fingerprint density at radius 3 is 1.82 bits per heavy atom. The third-order valence-corrected chi connectivity index (χ3v) is 9.33. The molecule has 2 unspecified atom stereocenters. The van der Waals surface area contributed by atoms with E-state index in [1.807, 2.05) is 59.8 Å². The number of hydrogen-bond donors (Lipinski definition) is 7. The number of thiol groups is 1. The molecule has 236 valence electrons. The molecule has 2 aliphatic rings. The summed E-state index contributed by atoms with van der Waals surface area (Å²) in [6.07, 6.45) is 6.54. The molecule has 0 spiro atoms. The summed E-state index contributed by atoms with van der Waals surface area (Å²) >= 11 is 4.63. The minimum atomic E-state index is -0.905. The Hall–Kier alpha value is -3.99. The van der Waals surface area contributed by atoms with Crippen LogP contribution in [0.25, 0.3) is 12.2 Å². The standard InChI is InChI=1S/C33H42N4O6S/c1-7-20-15(2)25(36-33(20)43)12-23-16(3)21(8-10-29(38)39)26(34-23)14-27-22(9-11-30(40)41)17(4)24(35-27)13-28-31(19(6)44)18(5)32(42)37-28/h7,12-13,15,18-19,31,34-35,44H,8-11,14H2,1-6H3,(H,36,43)(H,37,42)(H,38,39)(H,40,41)/b20-7+,25-12+,28-13-/t15?,18-,19?,31+/m1/s1. The Balaban J connectivity index is 1.79. The number of rotatable bonds is 11. The number of allylic oxidation sites excluding steroid dienone is 3. The van der Waals surface area contributed by atoms with Crippen LogP contribution in [0.2, 0.25) is 0 Å². The van der Waals surface area contributed by atoms with Crippen molar-refractivity contribution in [1.82, 2.24) is 20.6 Å². The Morgan fingerprint density at radius 2 is 1.39 bits per heavy atom. The van der Waals surface area contributed by atoms with Crippen LogP contribution < -0.4 is 10.6 Å². The van der Waals surface area contributed by atoms with Gasteiger partial charge in [0.1, 0.15) is 0 Å². The van der Waals surface area contributed by atoms with E-state index >= 15 is 0 Å². The van der Waals surface area contributed by atoms with Gasteiger partial charge in [-0.2, -0.15) is 12.6 Å². The minimum absolute atomic E-state index is 0.0499. The van der Waals surface area contributed by atoms with Crippen molar-refractivity contribution in [2.45, 2.75) is 78.9 Å². The molecule has 0 aliphatic carbocycles. The molecule has 0 aromatic carbocycles. The number of carbonyl (C=O) groups excluding carboxylic acids is 2. The van der Waals surface area contributed by atoms with Gasteiger partial charge in [-0.1, -0.05) is 26.8 Å². The fourth-order valence-electron chi connectivity index (χ4n) is 6.46. The van der Waals surface area contributed by atoms with Gasteiger partial charge >= 0.3 is 11.9 Å². The lowest BCUT2D eigenvalue weighted by molar-refractivity contribution is -0.138. The molecule has 6 N–H and O–H groups in total. The number of hydrogen-bond acceptors (Lipinski definition) is 5. The maximum atomic E-state index is 12.5. The van der Waals surface area contributed by atoms with E-state index in [4.69, 9.17) is 0 Å². The number of nitrogens with one attached hydrogen (secondary N) is 4. The lowest BCUT2D eigenvalue weighted by atomic mass is 9.91. The molecule has 2 aromatic heterocycles. The first-order valence-electron chi connectivity index (χ1n) is 15.0. The molecule has 0 bridgehead atoms.